The van der Waals surface area contributed by atoms with Gasteiger partial charge in [-0.15, -0.1) is 0 Å². The number of rotatable bonds is 1. The number of hydrogen-bond donors (Lipinski definition) is 2. The molecule has 0 spiro atoms. The third-order valence-corrected chi connectivity index (χ3v) is 3.11. The van der Waals surface area contributed by atoms with Crippen LogP contribution in [0, 0.1) is 6.07 Å². The predicted octanol–water partition coefficient (Wildman–Crippen LogP) is 2.91. The maximum atomic E-state index is 4.38. The molecule has 2 aromatic carbocycles. The number of nitrogens with zero attached hydrogens (tertiary/aromatic N) is 2. The van der Waals surface area contributed by atoms with E-state index < -0.39 is 0 Å². The molecule has 2 heterocycles. The summed E-state index contributed by atoms with van der Waals surface area (Å²) in [6, 6.07) is 15.0. The molecular formula is C14H9N4. The average molecular weight is 233 g/mol. The molecule has 0 saturated heterocycles. The lowest BCUT2D eigenvalue weighted by Crippen LogP contribution is -1.79. The van der Waals surface area contributed by atoms with Gasteiger partial charge in [-0.3, -0.25) is 10.2 Å². The van der Waals surface area contributed by atoms with Crippen molar-refractivity contribution in [1.29, 1.82) is 0 Å². The first kappa shape index (κ1) is 9.41. The second-order valence-electron chi connectivity index (χ2n) is 4.20. The SMILES string of the molecule is [c]1ccc2[nH]nc(-c3ccc4n[nH]cc4c3)c2c1. The molecule has 0 bridgehead atoms. The van der Waals surface area contributed by atoms with Crippen molar-refractivity contribution in [2.24, 2.45) is 0 Å². The fourth-order valence-electron chi connectivity index (χ4n) is 2.21. The lowest BCUT2D eigenvalue weighted by Gasteiger charge is -1.97. The monoisotopic (exact) mass is 233 g/mol. The molecule has 1 radical (unpaired) electrons. The van der Waals surface area contributed by atoms with E-state index in [2.05, 4.69) is 32.5 Å². The van der Waals surface area contributed by atoms with E-state index in [-0.39, 0.29) is 0 Å². The number of H-pyrrole nitrogens is 2. The molecule has 4 aromatic rings. The number of aromatic amines is 2. The van der Waals surface area contributed by atoms with E-state index in [0.717, 1.165) is 33.1 Å². The highest BCUT2D eigenvalue weighted by Crippen LogP contribution is 2.27. The maximum absolute atomic E-state index is 4.38. The quantitative estimate of drug-likeness (QED) is 0.531. The Bertz CT molecular complexity index is 841. The number of aromatic nitrogens is 4. The number of fused-ring (bicyclic) bond motifs is 2. The first-order valence-corrected chi connectivity index (χ1v) is 5.70. The molecule has 4 nitrogen and oxygen atoms in total. The van der Waals surface area contributed by atoms with Crippen LogP contribution in [-0.4, -0.2) is 20.4 Å². The maximum Gasteiger partial charge on any atom is 0.0999 e. The Morgan fingerprint density at radius 1 is 1.11 bits per heavy atom. The Morgan fingerprint density at radius 2 is 2.11 bits per heavy atom. The summed E-state index contributed by atoms with van der Waals surface area (Å²) in [6.07, 6.45) is 1.89. The predicted molar refractivity (Wildman–Crippen MR) is 70.0 cm³/mol. The first-order valence-electron chi connectivity index (χ1n) is 5.70. The Morgan fingerprint density at radius 3 is 3.11 bits per heavy atom. The van der Waals surface area contributed by atoms with Gasteiger partial charge in [0, 0.05) is 22.5 Å². The van der Waals surface area contributed by atoms with Crippen LogP contribution in [0.25, 0.3) is 33.1 Å². The van der Waals surface area contributed by atoms with Crippen molar-refractivity contribution >= 4 is 21.8 Å². The summed E-state index contributed by atoms with van der Waals surface area (Å²) in [5.74, 6) is 0. The van der Waals surface area contributed by atoms with Gasteiger partial charge in [0.15, 0.2) is 0 Å². The molecule has 2 aromatic heterocycles. The Balaban J connectivity index is 2.00. The molecule has 85 valence electrons. The third-order valence-electron chi connectivity index (χ3n) is 3.11. The van der Waals surface area contributed by atoms with E-state index in [4.69, 9.17) is 0 Å². The number of hydrogen-bond acceptors (Lipinski definition) is 2. The van der Waals surface area contributed by atoms with Crippen LogP contribution >= 0.6 is 0 Å². The Labute approximate surface area is 103 Å². The van der Waals surface area contributed by atoms with E-state index in [1.165, 1.54) is 0 Å². The first-order chi connectivity index (χ1) is 8.92. The minimum Gasteiger partial charge on any atom is -0.285 e. The van der Waals surface area contributed by atoms with Gasteiger partial charge in [-0.2, -0.15) is 10.2 Å². The fraction of sp³-hybridized carbons (Fsp3) is 0. The van der Waals surface area contributed by atoms with Crippen molar-refractivity contribution in [3.63, 3.8) is 0 Å². The number of benzene rings is 2. The minimum atomic E-state index is 0.949. The fourth-order valence-corrected chi connectivity index (χ4v) is 2.21. The molecule has 4 heteroatoms. The molecule has 0 aliphatic rings. The number of nitrogens with one attached hydrogen (secondary N) is 2. The van der Waals surface area contributed by atoms with Gasteiger partial charge in [-0.25, -0.2) is 0 Å². The summed E-state index contributed by atoms with van der Waals surface area (Å²) in [5, 5.41) is 16.6. The van der Waals surface area contributed by atoms with Gasteiger partial charge in [0.1, 0.15) is 0 Å². The van der Waals surface area contributed by atoms with Crippen LogP contribution in [0.1, 0.15) is 0 Å². The highest BCUT2D eigenvalue weighted by molar-refractivity contribution is 5.95. The van der Waals surface area contributed by atoms with Crippen LogP contribution in [0.15, 0.2) is 42.6 Å². The summed E-state index contributed by atoms with van der Waals surface area (Å²) < 4.78 is 0. The summed E-state index contributed by atoms with van der Waals surface area (Å²) in [5.41, 5.74) is 4.01. The molecule has 0 fully saturated rings. The highest BCUT2D eigenvalue weighted by Gasteiger charge is 2.08. The summed E-state index contributed by atoms with van der Waals surface area (Å²) in [4.78, 5) is 0. The molecule has 0 saturated carbocycles. The summed E-state index contributed by atoms with van der Waals surface area (Å²) in [6.45, 7) is 0. The molecule has 0 amide bonds. The van der Waals surface area contributed by atoms with Crippen molar-refractivity contribution in [1.82, 2.24) is 20.4 Å². The third kappa shape index (κ3) is 1.26. The van der Waals surface area contributed by atoms with Crippen LogP contribution in [0.3, 0.4) is 0 Å². The van der Waals surface area contributed by atoms with Gasteiger partial charge in [0.05, 0.1) is 16.7 Å². The normalized spacial score (nSPS) is 11.3. The lowest BCUT2D eigenvalue weighted by atomic mass is 10.1. The van der Waals surface area contributed by atoms with E-state index in [0.29, 0.717) is 0 Å². The van der Waals surface area contributed by atoms with E-state index in [1.807, 2.05) is 36.5 Å². The van der Waals surface area contributed by atoms with Crippen LogP contribution in [-0.2, 0) is 0 Å². The molecule has 0 unspecified atom stereocenters. The zero-order chi connectivity index (χ0) is 11.9. The van der Waals surface area contributed by atoms with Crippen molar-refractivity contribution < 1.29 is 0 Å². The Kier molecular flexibility index (Phi) is 1.80. The molecule has 18 heavy (non-hydrogen) atoms. The topological polar surface area (TPSA) is 57.4 Å². The van der Waals surface area contributed by atoms with Crippen LogP contribution < -0.4 is 0 Å². The van der Waals surface area contributed by atoms with Gasteiger partial charge < -0.3 is 0 Å². The molecule has 2 N–H and O–H groups in total. The van der Waals surface area contributed by atoms with Crippen molar-refractivity contribution in [2.45, 2.75) is 0 Å². The standard InChI is InChI=1S/C14H9N4/c1-2-4-13-11(3-1)14(18-17-13)9-5-6-12-10(7-9)8-15-16-12/h2-8H,(H,15,16)(H,17,18). The van der Waals surface area contributed by atoms with E-state index in [9.17, 15) is 0 Å². The van der Waals surface area contributed by atoms with Crippen LogP contribution in [0.4, 0.5) is 0 Å². The van der Waals surface area contributed by atoms with E-state index in [1.54, 1.807) is 0 Å². The summed E-state index contributed by atoms with van der Waals surface area (Å²) in [7, 11) is 0. The molecule has 0 atom stereocenters. The smallest absolute Gasteiger partial charge is 0.0999 e. The van der Waals surface area contributed by atoms with E-state index >= 15 is 0 Å². The molecule has 0 aliphatic carbocycles. The largest absolute Gasteiger partial charge is 0.285 e. The molecule has 4 rings (SSSR count). The average Bonchev–Trinajstić information content (AvgIpc) is 3.04. The van der Waals surface area contributed by atoms with Gasteiger partial charge >= 0.3 is 0 Å². The lowest BCUT2D eigenvalue weighted by molar-refractivity contribution is 1.12. The molecular weight excluding hydrogens is 224 g/mol. The van der Waals surface area contributed by atoms with Gasteiger partial charge in [-0.1, -0.05) is 12.1 Å². The minimum absolute atomic E-state index is 0.949. The van der Waals surface area contributed by atoms with Gasteiger partial charge in [0.2, 0.25) is 0 Å². The zero-order valence-electron chi connectivity index (χ0n) is 9.44. The second-order valence-corrected chi connectivity index (χ2v) is 4.20. The Hall–Kier alpha value is -2.62. The summed E-state index contributed by atoms with van der Waals surface area (Å²) >= 11 is 0. The molecule has 0 aliphatic heterocycles. The second kappa shape index (κ2) is 3.43. The zero-order valence-corrected chi connectivity index (χ0v) is 9.44. The van der Waals surface area contributed by atoms with Crippen molar-refractivity contribution in [3.05, 3.63) is 48.7 Å². The van der Waals surface area contributed by atoms with Gasteiger partial charge in [-0.05, 0) is 30.3 Å². The van der Waals surface area contributed by atoms with Crippen molar-refractivity contribution in [2.75, 3.05) is 0 Å². The van der Waals surface area contributed by atoms with Crippen LogP contribution in [0.5, 0.6) is 0 Å². The van der Waals surface area contributed by atoms with Crippen LogP contribution in [0.2, 0.25) is 0 Å². The van der Waals surface area contributed by atoms with Gasteiger partial charge in [0.25, 0.3) is 0 Å². The highest BCUT2D eigenvalue weighted by atomic mass is 15.1. The van der Waals surface area contributed by atoms with Crippen molar-refractivity contribution in [3.8, 4) is 11.3 Å².